The zero-order valence-electron chi connectivity index (χ0n) is 13.3. The first kappa shape index (κ1) is 19.4. The number of allylic oxidation sites excluding steroid dienone is 10. The van der Waals surface area contributed by atoms with Gasteiger partial charge in [-0.15, -0.1) is 0 Å². The number of rotatable bonds is 13. The molecule has 0 aliphatic rings. The first-order chi connectivity index (χ1) is 10.4. The van der Waals surface area contributed by atoms with Gasteiger partial charge in [0.2, 0.25) is 6.29 Å². The van der Waals surface area contributed by atoms with Crippen molar-refractivity contribution >= 4 is 6.29 Å². The molecule has 0 amide bonds. The average Bonchev–Trinajstić information content (AvgIpc) is 2.50. The van der Waals surface area contributed by atoms with Gasteiger partial charge in [-0.3, -0.25) is 4.79 Å². The van der Waals surface area contributed by atoms with Crippen molar-refractivity contribution in [3.63, 3.8) is 0 Å². The van der Waals surface area contributed by atoms with Crippen LogP contribution in [0.4, 0.5) is 0 Å². The molecule has 0 spiro atoms. The molecule has 1 nitrogen and oxygen atoms in total. The van der Waals surface area contributed by atoms with Gasteiger partial charge in [0.15, 0.2) is 0 Å². The molecule has 0 aliphatic heterocycles. The van der Waals surface area contributed by atoms with Crippen LogP contribution in [0.5, 0.6) is 0 Å². The third-order valence-electron chi connectivity index (χ3n) is 3.05. The second-order valence-electron chi connectivity index (χ2n) is 4.97. The van der Waals surface area contributed by atoms with Gasteiger partial charge in [-0.2, -0.15) is 0 Å². The maximum atomic E-state index is 9.88. The average molecular weight is 285 g/mol. The molecule has 0 heterocycles. The van der Waals surface area contributed by atoms with Gasteiger partial charge in [0.05, 0.1) is 0 Å². The Labute approximate surface area is 130 Å². The number of carbonyl (C=O) groups excluding carboxylic acids is 1. The lowest BCUT2D eigenvalue weighted by atomic mass is 10.1. The molecule has 0 saturated carbocycles. The highest BCUT2D eigenvalue weighted by Gasteiger charge is 1.88. The minimum Gasteiger partial charge on any atom is -0.286 e. The number of hydrogen-bond donors (Lipinski definition) is 0. The van der Waals surface area contributed by atoms with Crippen molar-refractivity contribution in [1.82, 2.24) is 0 Å². The molecule has 0 unspecified atom stereocenters. The smallest absolute Gasteiger partial charge is 0.225 e. The molecular weight excluding hydrogens is 256 g/mol. The Balaban J connectivity index is 3.44. The van der Waals surface area contributed by atoms with E-state index in [1.54, 1.807) is 18.4 Å². The lowest BCUT2D eigenvalue weighted by Gasteiger charge is -1.98. The van der Waals surface area contributed by atoms with Gasteiger partial charge in [-0.05, 0) is 18.9 Å². The van der Waals surface area contributed by atoms with E-state index in [2.05, 4.69) is 19.1 Å². The van der Waals surface area contributed by atoms with E-state index in [0.29, 0.717) is 0 Å². The van der Waals surface area contributed by atoms with Crippen molar-refractivity contribution < 1.29 is 4.79 Å². The van der Waals surface area contributed by atoms with Crippen molar-refractivity contribution in [2.45, 2.75) is 58.3 Å². The Morgan fingerprint density at radius 2 is 1.19 bits per heavy atom. The summed E-state index contributed by atoms with van der Waals surface area (Å²) >= 11 is 0. The van der Waals surface area contributed by atoms with E-state index in [4.69, 9.17) is 0 Å². The Bertz CT molecular complexity index is 356. The van der Waals surface area contributed by atoms with Crippen LogP contribution in [0, 0.1) is 0 Å². The third kappa shape index (κ3) is 18.4. The second kappa shape index (κ2) is 18.4. The fourth-order valence-corrected chi connectivity index (χ4v) is 1.87. The molecule has 0 aromatic carbocycles. The van der Waals surface area contributed by atoms with Crippen LogP contribution in [0.15, 0.2) is 60.8 Å². The van der Waals surface area contributed by atoms with Gasteiger partial charge in [-0.25, -0.2) is 0 Å². The summed E-state index contributed by atoms with van der Waals surface area (Å²) in [6.45, 7) is 2.26. The quantitative estimate of drug-likeness (QED) is 0.230. The fraction of sp³-hybridized carbons (Fsp3) is 0.450. The summed E-state index contributed by atoms with van der Waals surface area (Å²) in [7, 11) is 0. The van der Waals surface area contributed by atoms with E-state index < -0.39 is 0 Å². The van der Waals surface area contributed by atoms with Gasteiger partial charge in [-0.1, -0.05) is 100 Å². The van der Waals surface area contributed by atoms with Gasteiger partial charge in [0, 0.05) is 0 Å². The Morgan fingerprint density at radius 1 is 0.667 bits per heavy atom. The van der Waals surface area contributed by atoms with Crippen molar-refractivity contribution in [3.8, 4) is 0 Å². The predicted octanol–water partition coefficient (Wildman–Crippen LogP) is 6.02. The van der Waals surface area contributed by atoms with Crippen LogP contribution < -0.4 is 0 Å². The largest absolute Gasteiger partial charge is 0.286 e. The predicted molar refractivity (Wildman–Crippen MR) is 94.0 cm³/mol. The molecule has 0 bridgehead atoms. The fourth-order valence-electron chi connectivity index (χ4n) is 1.87. The molecule has 0 fully saturated rings. The molecule has 1 radical (unpaired) electrons. The molecule has 0 N–H and O–H groups in total. The molecule has 115 valence electrons. The molecule has 0 rings (SSSR count). The standard InChI is InChI=1S/C20H29O/c1-2-3-4-5-6-7-8-9-10-11-12-13-14-15-16-17-18-19-20-21/h10-19H,2-9H2,1H3/b11-10+,13-12+,15-14+,17-16+,19-18+. The highest BCUT2D eigenvalue weighted by Crippen LogP contribution is 2.08. The summed E-state index contributed by atoms with van der Waals surface area (Å²) in [4.78, 5) is 9.88. The van der Waals surface area contributed by atoms with Gasteiger partial charge >= 0.3 is 0 Å². The van der Waals surface area contributed by atoms with Crippen LogP contribution in [-0.2, 0) is 4.79 Å². The normalized spacial score (nSPS) is 12.8. The van der Waals surface area contributed by atoms with Crippen LogP contribution in [0.25, 0.3) is 0 Å². The van der Waals surface area contributed by atoms with E-state index in [1.165, 1.54) is 57.4 Å². The summed E-state index contributed by atoms with van der Waals surface area (Å²) in [5.41, 5.74) is 0. The van der Waals surface area contributed by atoms with E-state index in [9.17, 15) is 4.79 Å². The summed E-state index contributed by atoms with van der Waals surface area (Å²) in [6, 6.07) is 0. The minimum atomic E-state index is 1.18. The van der Waals surface area contributed by atoms with Crippen LogP contribution in [0.1, 0.15) is 58.3 Å². The lowest BCUT2D eigenvalue weighted by molar-refractivity contribution is 0.564. The lowest BCUT2D eigenvalue weighted by Crippen LogP contribution is -1.78. The highest BCUT2D eigenvalue weighted by atomic mass is 16.1. The van der Waals surface area contributed by atoms with E-state index in [1.807, 2.05) is 30.4 Å². The summed E-state index contributed by atoms with van der Waals surface area (Å²) in [5, 5.41) is 0. The van der Waals surface area contributed by atoms with Crippen molar-refractivity contribution in [2.24, 2.45) is 0 Å². The van der Waals surface area contributed by atoms with Crippen LogP contribution in [0.3, 0.4) is 0 Å². The maximum Gasteiger partial charge on any atom is 0.225 e. The SMILES string of the molecule is CCCCCCCCC/C=C/C=C/C=C/C=C/C=C/[C]=O. The van der Waals surface area contributed by atoms with E-state index in [0.717, 1.165) is 0 Å². The van der Waals surface area contributed by atoms with Crippen molar-refractivity contribution in [2.75, 3.05) is 0 Å². The van der Waals surface area contributed by atoms with Crippen LogP contribution in [-0.4, -0.2) is 6.29 Å². The molecule has 0 aromatic heterocycles. The summed E-state index contributed by atoms with van der Waals surface area (Å²) in [5.74, 6) is 0. The molecule has 0 aliphatic carbocycles. The van der Waals surface area contributed by atoms with E-state index in [-0.39, 0.29) is 0 Å². The summed E-state index contributed by atoms with van der Waals surface area (Å²) < 4.78 is 0. The van der Waals surface area contributed by atoms with Gasteiger partial charge in [0.1, 0.15) is 0 Å². The number of unbranched alkanes of at least 4 members (excludes halogenated alkanes) is 7. The second-order valence-corrected chi connectivity index (χ2v) is 4.97. The zero-order valence-corrected chi connectivity index (χ0v) is 13.3. The monoisotopic (exact) mass is 285 g/mol. The summed E-state index contributed by atoms with van der Waals surface area (Å²) in [6.07, 6.45) is 31.4. The Kier molecular flexibility index (Phi) is 16.9. The van der Waals surface area contributed by atoms with Crippen molar-refractivity contribution in [1.29, 1.82) is 0 Å². The molecule has 0 aromatic rings. The first-order valence-corrected chi connectivity index (χ1v) is 8.11. The molecule has 0 saturated heterocycles. The molecule has 1 heteroatoms. The minimum absolute atomic E-state index is 1.18. The maximum absolute atomic E-state index is 9.88. The Morgan fingerprint density at radius 3 is 1.81 bits per heavy atom. The number of hydrogen-bond acceptors (Lipinski definition) is 1. The molecule has 0 atom stereocenters. The zero-order chi connectivity index (χ0) is 15.4. The molecule has 21 heavy (non-hydrogen) atoms. The van der Waals surface area contributed by atoms with Gasteiger partial charge in [0.25, 0.3) is 0 Å². The van der Waals surface area contributed by atoms with Crippen LogP contribution in [0.2, 0.25) is 0 Å². The van der Waals surface area contributed by atoms with Crippen molar-refractivity contribution in [3.05, 3.63) is 60.8 Å². The highest BCUT2D eigenvalue weighted by molar-refractivity contribution is 5.66. The third-order valence-corrected chi connectivity index (χ3v) is 3.05. The molecular formula is C20H29O. The van der Waals surface area contributed by atoms with Crippen LogP contribution >= 0.6 is 0 Å². The van der Waals surface area contributed by atoms with Gasteiger partial charge < -0.3 is 0 Å². The first-order valence-electron chi connectivity index (χ1n) is 8.11. The van der Waals surface area contributed by atoms with E-state index >= 15 is 0 Å². The topological polar surface area (TPSA) is 17.1 Å². The Hall–Kier alpha value is -1.63.